The summed E-state index contributed by atoms with van der Waals surface area (Å²) in [6.45, 7) is 2.08. The number of carbonyl (C=O) groups excluding carboxylic acids is 2. The molecule has 1 aliphatic heterocycles. The molecule has 0 atom stereocenters. The number of nitrogens with zero attached hydrogens (tertiary/aromatic N) is 1. The molecule has 0 aromatic heterocycles. The molecular formula is C21H23FN2O3. The number of anilines is 1. The quantitative estimate of drug-likeness (QED) is 0.819. The Labute approximate surface area is 158 Å². The Kier molecular flexibility index (Phi) is 6.19. The van der Waals surface area contributed by atoms with Crippen LogP contribution in [0.15, 0.2) is 48.5 Å². The van der Waals surface area contributed by atoms with Crippen molar-refractivity contribution in [1.82, 2.24) is 4.90 Å². The molecule has 2 aromatic rings. The number of piperidine rings is 1. The van der Waals surface area contributed by atoms with Gasteiger partial charge < -0.3 is 10.1 Å². The SMILES string of the molecule is COC(=O)c1ccc(NC(=O)C2CCN(Cc3ccccc3F)CC2)cc1. The van der Waals surface area contributed by atoms with Crippen LogP contribution in [-0.2, 0) is 16.1 Å². The van der Waals surface area contributed by atoms with E-state index in [4.69, 9.17) is 0 Å². The smallest absolute Gasteiger partial charge is 0.337 e. The van der Waals surface area contributed by atoms with Gasteiger partial charge in [0.15, 0.2) is 0 Å². The number of benzene rings is 2. The van der Waals surface area contributed by atoms with Gasteiger partial charge >= 0.3 is 5.97 Å². The summed E-state index contributed by atoms with van der Waals surface area (Å²) in [6.07, 6.45) is 1.47. The first-order chi connectivity index (χ1) is 13.1. The molecule has 6 heteroatoms. The third-order valence-electron chi connectivity index (χ3n) is 4.88. The summed E-state index contributed by atoms with van der Waals surface area (Å²) in [5, 5.41) is 2.90. The van der Waals surface area contributed by atoms with Gasteiger partial charge in [-0.15, -0.1) is 0 Å². The molecule has 142 valence electrons. The predicted octanol–water partition coefficient (Wildman–Crippen LogP) is 3.46. The van der Waals surface area contributed by atoms with Gasteiger partial charge in [0.1, 0.15) is 5.82 Å². The summed E-state index contributed by atoms with van der Waals surface area (Å²) >= 11 is 0. The number of amides is 1. The van der Waals surface area contributed by atoms with Crippen molar-refractivity contribution in [3.8, 4) is 0 Å². The minimum atomic E-state index is -0.407. The van der Waals surface area contributed by atoms with Crippen LogP contribution < -0.4 is 5.32 Å². The lowest BCUT2D eigenvalue weighted by Gasteiger charge is -2.31. The van der Waals surface area contributed by atoms with Crippen LogP contribution >= 0.6 is 0 Å². The molecule has 2 aromatic carbocycles. The van der Waals surface area contributed by atoms with Gasteiger partial charge in [0.2, 0.25) is 5.91 Å². The summed E-state index contributed by atoms with van der Waals surface area (Å²) in [5.41, 5.74) is 1.78. The van der Waals surface area contributed by atoms with Gasteiger partial charge in [-0.25, -0.2) is 9.18 Å². The van der Waals surface area contributed by atoms with Crippen LogP contribution in [0.1, 0.15) is 28.8 Å². The Morgan fingerprint density at radius 1 is 1.11 bits per heavy atom. The number of esters is 1. The first-order valence-electron chi connectivity index (χ1n) is 9.02. The van der Waals surface area contributed by atoms with Crippen LogP contribution in [0, 0.1) is 11.7 Å². The molecule has 1 saturated heterocycles. The summed E-state index contributed by atoms with van der Waals surface area (Å²) in [6, 6.07) is 13.4. The van der Waals surface area contributed by atoms with E-state index in [1.165, 1.54) is 13.2 Å². The Morgan fingerprint density at radius 3 is 2.41 bits per heavy atom. The maximum absolute atomic E-state index is 13.8. The number of rotatable bonds is 5. The van der Waals surface area contributed by atoms with Gasteiger partial charge in [0.25, 0.3) is 0 Å². The van der Waals surface area contributed by atoms with Crippen molar-refractivity contribution in [3.63, 3.8) is 0 Å². The van der Waals surface area contributed by atoms with Crippen LogP contribution in [0.5, 0.6) is 0 Å². The summed E-state index contributed by atoms with van der Waals surface area (Å²) in [5.74, 6) is -0.684. The number of halogens is 1. The highest BCUT2D eigenvalue weighted by atomic mass is 19.1. The van der Waals surface area contributed by atoms with Crippen molar-refractivity contribution < 1.29 is 18.7 Å². The molecule has 1 N–H and O–H groups in total. The Balaban J connectivity index is 1.50. The summed E-state index contributed by atoms with van der Waals surface area (Å²) < 4.78 is 18.4. The van der Waals surface area contributed by atoms with Gasteiger partial charge in [0.05, 0.1) is 12.7 Å². The summed E-state index contributed by atoms with van der Waals surface area (Å²) in [4.78, 5) is 26.1. The van der Waals surface area contributed by atoms with E-state index in [0.717, 1.165) is 25.9 Å². The van der Waals surface area contributed by atoms with Gasteiger partial charge in [-0.1, -0.05) is 18.2 Å². The van der Waals surface area contributed by atoms with E-state index < -0.39 is 5.97 Å². The molecule has 27 heavy (non-hydrogen) atoms. The zero-order chi connectivity index (χ0) is 19.2. The lowest BCUT2D eigenvalue weighted by Crippen LogP contribution is -2.37. The molecule has 1 amide bonds. The second-order valence-electron chi connectivity index (χ2n) is 6.70. The van der Waals surface area contributed by atoms with Crippen LogP contribution in [0.2, 0.25) is 0 Å². The van der Waals surface area contributed by atoms with E-state index in [1.807, 2.05) is 6.07 Å². The highest BCUT2D eigenvalue weighted by Gasteiger charge is 2.25. The number of methoxy groups -OCH3 is 1. The number of ether oxygens (including phenoxy) is 1. The van der Waals surface area contributed by atoms with Crippen molar-refractivity contribution in [2.45, 2.75) is 19.4 Å². The molecule has 0 aliphatic carbocycles. The minimum absolute atomic E-state index is 0.0219. The van der Waals surface area contributed by atoms with Crippen LogP contribution in [-0.4, -0.2) is 37.0 Å². The van der Waals surface area contributed by atoms with Crippen molar-refractivity contribution >= 4 is 17.6 Å². The fraction of sp³-hybridized carbons (Fsp3) is 0.333. The zero-order valence-corrected chi connectivity index (χ0v) is 15.3. The number of carbonyl (C=O) groups is 2. The van der Waals surface area contributed by atoms with Crippen molar-refractivity contribution in [3.05, 3.63) is 65.5 Å². The minimum Gasteiger partial charge on any atom is -0.465 e. The monoisotopic (exact) mass is 370 g/mol. The van der Waals surface area contributed by atoms with E-state index in [0.29, 0.717) is 23.4 Å². The average Bonchev–Trinajstić information content (AvgIpc) is 2.70. The molecule has 0 spiro atoms. The number of hydrogen-bond donors (Lipinski definition) is 1. The zero-order valence-electron chi connectivity index (χ0n) is 15.3. The van der Waals surface area contributed by atoms with E-state index in [9.17, 15) is 14.0 Å². The fourth-order valence-corrected chi connectivity index (χ4v) is 3.27. The predicted molar refractivity (Wildman–Crippen MR) is 101 cm³/mol. The van der Waals surface area contributed by atoms with E-state index >= 15 is 0 Å². The molecule has 0 unspecified atom stereocenters. The van der Waals surface area contributed by atoms with Gasteiger partial charge in [-0.3, -0.25) is 9.69 Å². The largest absolute Gasteiger partial charge is 0.465 e. The number of nitrogens with one attached hydrogen (secondary N) is 1. The Hall–Kier alpha value is -2.73. The maximum Gasteiger partial charge on any atom is 0.337 e. The second-order valence-corrected chi connectivity index (χ2v) is 6.70. The highest BCUT2D eigenvalue weighted by Crippen LogP contribution is 2.22. The molecule has 5 nitrogen and oxygen atoms in total. The maximum atomic E-state index is 13.8. The van der Waals surface area contributed by atoms with E-state index in [-0.39, 0.29) is 17.6 Å². The standard InChI is InChI=1S/C21H23FN2O3/c1-27-21(26)16-6-8-18(9-7-16)23-20(25)15-10-12-24(13-11-15)14-17-4-2-3-5-19(17)22/h2-9,15H,10-14H2,1H3,(H,23,25). The first-order valence-corrected chi connectivity index (χ1v) is 9.02. The highest BCUT2D eigenvalue weighted by molar-refractivity contribution is 5.94. The van der Waals surface area contributed by atoms with Crippen molar-refractivity contribution in [2.24, 2.45) is 5.92 Å². The molecule has 0 radical (unpaired) electrons. The van der Waals surface area contributed by atoms with Crippen LogP contribution in [0.4, 0.5) is 10.1 Å². The number of likely N-dealkylation sites (tertiary alicyclic amines) is 1. The molecule has 1 aliphatic rings. The first kappa shape index (κ1) is 19.0. The number of hydrogen-bond acceptors (Lipinski definition) is 4. The molecule has 1 fully saturated rings. The molecule has 0 bridgehead atoms. The topological polar surface area (TPSA) is 58.6 Å². The van der Waals surface area contributed by atoms with Crippen LogP contribution in [0.25, 0.3) is 0 Å². The summed E-state index contributed by atoms with van der Waals surface area (Å²) in [7, 11) is 1.33. The molecular weight excluding hydrogens is 347 g/mol. The molecule has 0 saturated carbocycles. The van der Waals surface area contributed by atoms with Gasteiger partial charge in [0, 0.05) is 23.7 Å². The fourth-order valence-electron chi connectivity index (χ4n) is 3.27. The second kappa shape index (κ2) is 8.77. The molecule has 1 heterocycles. The van der Waals surface area contributed by atoms with Crippen LogP contribution in [0.3, 0.4) is 0 Å². The molecule has 3 rings (SSSR count). The lowest BCUT2D eigenvalue weighted by molar-refractivity contribution is -0.121. The Morgan fingerprint density at radius 2 is 1.78 bits per heavy atom. The third kappa shape index (κ3) is 4.92. The van der Waals surface area contributed by atoms with Crippen molar-refractivity contribution in [1.29, 1.82) is 0 Å². The van der Waals surface area contributed by atoms with E-state index in [2.05, 4.69) is 15.0 Å². The van der Waals surface area contributed by atoms with Crippen molar-refractivity contribution in [2.75, 3.05) is 25.5 Å². The van der Waals surface area contributed by atoms with Gasteiger partial charge in [-0.05, 0) is 56.3 Å². The van der Waals surface area contributed by atoms with Gasteiger partial charge in [-0.2, -0.15) is 0 Å². The lowest BCUT2D eigenvalue weighted by atomic mass is 9.95. The third-order valence-corrected chi connectivity index (χ3v) is 4.88. The van der Waals surface area contributed by atoms with E-state index in [1.54, 1.807) is 36.4 Å². The normalized spacial score (nSPS) is 15.3. The Bertz CT molecular complexity index is 799. The average molecular weight is 370 g/mol.